The van der Waals surface area contributed by atoms with Crippen LogP contribution in [0.15, 0.2) is 16.5 Å². The van der Waals surface area contributed by atoms with Crippen molar-refractivity contribution in [3.05, 3.63) is 23.7 Å². The molecule has 0 saturated carbocycles. The van der Waals surface area contributed by atoms with Crippen LogP contribution in [-0.4, -0.2) is 34.7 Å². The van der Waals surface area contributed by atoms with Crippen LogP contribution in [0.5, 0.6) is 0 Å². The molecule has 2 rings (SSSR count). The number of amides is 2. The van der Waals surface area contributed by atoms with Crippen molar-refractivity contribution in [2.75, 3.05) is 12.3 Å². The molecule has 0 aliphatic carbocycles. The highest BCUT2D eigenvalue weighted by atomic mass is 32.2. The Labute approximate surface area is 121 Å². The molecule has 7 heteroatoms. The van der Waals surface area contributed by atoms with E-state index in [1.807, 2.05) is 11.8 Å². The zero-order chi connectivity index (χ0) is 14.4. The summed E-state index contributed by atoms with van der Waals surface area (Å²) in [7, 11) is 0. The van der Waals surface area contributed by atoms with E-state index in [9.17, 15) is 9.59 Å². The maximum Gasteiger partial charge on any atom is 0.371 e. The minimum absolute atomic E-state index is 0.124. The molecule has 3 N–H and O–H groups in total. The molecule has 1 aliphatic rings. The van der Waals surface area contributed by atoms with Crippen LogP contribution in [-0.2, 0) is 6.54 Å². The molecule has 2 heterocycles. The van der Waals surface area contributed by atoms with E-state index in [0.29, 0.717) is 17.6 Å². The molecule has 1 aliphatic heterocycles. The fourth-order valence-corrected chi connectivity index (χ4v) is 3.23. The first-order valence-corrected chi connectivity index (χ1v) is 7.65. The van der Waals surface area contributed by atoms with Crippen molar-refractivity contribution in [3.63, 3.8) is 0 Å². The van der Waals surface area contributed by atoms with Gasteiger partial charge in [-0.05, 0) is 30.7 Å². The van der Waals surface area contributed by atoms with Crippen LogP contribution < -0.4 is 10.6 Å². The van der Waals surface area contributed by atoms with E-state index in [4.69, 9.17) is 9.52 Å². The summed E-state index contributed by atoms with van der Waals surface area (Å²) in [6, 6.07) is 2.65. The highest BCUT2D eigenvalue weighted by Gasteiger charge is 2.15. The predicted molar refractivity (Wildman–Crippen MR) is 76.0 cm³/mol. The number of hydrogen-bond donors (Lipinski definition) is 3. The van der Waals surface area contributed by atoms with E-state index >= 15 is 0 Å². The monoisotopic (exact) mass is 298 g/mol. The number of nitrogens with one attached hydrogen (secondary N) is 2. The van der Waals surface area contributed by atoms with Crippen molar-refractivity contribution >= 4 is 23.8 Å². The van der Waals surface area contributed by atoms with Crippen LogP contribution in [0.4, 0.5) is 4.79 Å². The van der Waals surface area contributed by atoms with E-state index in [0.717, 1.165) is 6.42 Å². The lowest BCUT2D eigenvalue weighted by Crippen LogP contribution is -2.39. The second-order valence-corrected chi connectivity index (χ2v) is 6.03. The number of carbonyl (C=O) groups is 2. The van der Waals surface area contributed by atoms with E-state index in [2.05, 4.69) is 10.6 Å². The Kier molecular flexibility index (Phi) is 5.34. The Bertz CT molecular complexity index is 469. The molecule has 1 saturated heterocycles. The van der Waals surface area contributed by atoms with Crippen molar-refractivity contribution in [2.24, 2.45) is 0 Å². The van der Waals surface area contributed by atoms with Crippen LogP contribution in [0.25, 0.3) is 0 Å². The Balaban J connectivity index is 1.67. The van der Waals surface area contributed by atoms with Crippen LogP contribution in [0.1, 0.15) is 35.6 Å². The molecule has 0 bridgehead atoms. The molecule has 1 unspecified atom stereocenters. The SMILES string of the molecule is O=C(NCc1ccc(C(=O)O)o1)NCC1CCCCS1. The maximum absolute atomic E-state index is 11.6. The molecule has 20 heavy (non-hydrogen) atoms. The topological polar surface area (TPSA) is 91.6 Å². The maximum atomic E-state index is 11.6. The summed E-state index contributed by atoms with van der Waals surface area (Å²) in [6.07, 6.45) is 3.63. The van der Waals surface area contributed by atoms with Crippen molar-refractivity contribution < 1.29 is 19.1 Å². The lowest BCUT2D eigenvalue weighted by molar-refractivity contribution is 0.0660. The first kappa shape index (κ1) is 14.8. The molecule has 0 radical (unpaired) electrons. The van der Waals surface area contributed by atoms with Gasteiger partial charge in [0.25, 0.3) is 0 Å². The fraction of sp³-hybridized carbons (Fsp3) is 0.538. The van der Waals surface area contributed by atoms with Gasteiger partial charge in [0.05, 0.1) is 6.54 Å². The summed E-state index contributed by atoms with van der Waals surface area (Å²) in [5, 5.41) is 14.7. The molecular formula is C13H18N2O4S. The van der Waals surface area contributed by atoms with Gasteiger partial charge < -0.3 is 20.2 Å². The number of rotatable bonds is 5. The summed E-state index contributed by atoms with van der Waals surface area (Å²) < 4.78 is 5.04. The van der Waals surface area contributed by atoms with Crippen LogP contribution in [0.2, 0.25) is 0 Å². The van der Waals surface area contributed by atoms with Gasteiger partial charge in [0.1, 0.15) is 5.76 Å². The van der Waals surface area contributed by atoms with Gasteiger partial charge in [-0.2, -0.15) is 11.8 Å². The minimum Gasteiger partial charge on any atom is -0.475 e. The van der Waals surface area contributed by atoms with E-state index in [1.54, 1.807) is 6.07 Å². The van der Waals surface area contributed by atoms with Crippen molar-refractivity contribution in [3.8, 4) is 0 Å². The summed E-state index contributed by atoms with van der Waals surface area (Å²) >= 11 is 1.90. The van der Waals surface area contributed by atoms with E-state index in [1.165, 1.54) is 24.7 Å². The van der Waals surface area contributed by atoms with Gasteiger partial charge >= 0.3 is 12.0 Å². The normalized spacial score (nSPS) is 18.5. The third kappa shape index (κ3) is 4.48. The van der Waals surface area contributed by atoms with Crippen LogP contribution in [0, 0.1) is 0 Å². The first-order valence-electron chi connectivity index (χ1n) is 6.60. The number of thioether (sulfide) groups is 1. The highest BCUT2D eigenvalue weighted by molar-refractivity contribution is 7.99. The quantitative estimate of drug-likeness (QED) is 0.774. The lowest BCUT2D eigenvalue weighted by Gasteiger charge is -2.21. The molecule has 1 atom stereocenters. The molecule has 1 aromatic rings. The molecule has 110 valence electrons. The fourth-order valence-electron chi connectivity index (χ4n) is 1.99. The van der Waals surface area contributed by atoms with Gasteiger partial charge in [-0.1, -0.05) is 6.42 Å². The van der Waals surface area contributed by atoms with Gasteiger partial charge in [0.2, 0.25) is 5.76 Å². The molecule has 1 aromatic heterocycles. The predicted octanol–water partition coefficient (Wildman–Crippen LogP) is 2.06. The zero-order valence-electron chi connectivity index (χ0n) is 11.1. The van der Waals surface area contributed by atoms with Gasteiger partial charge in [0, 0.05) is 11.8 Å². The number of carbonyl (C=O) groups excluding carboxylic acids is 1. The van der Waals surface area contributed by atoms with Gasteiger partial charge in [0.15, 0.2) is 0 Å². The summed E-state index contributed by atoms with van der Waals surface area (Å²) in [5.41, 5.74) is 0. The smallest absolute Gasteiger partial charge is 0.371 e. The lowest BCUT2D eigenvalue weighted by atomic mass is 10.2. The summed E-state index contributed by atoms with van der Waals surface area (Å²) in [6.45, 7) is 0.839. The third-order valence-electron chi connectivity index (χ3n) is 3.06. The summed E-state index contributed by atoms with van der Waals surface area (Å²) in [5.74, 6) is 0.346. The Hall–Kier alpha value is -1.63. The molecule has 2 amide bonds. The molecular weight excluding hydrogens is 280 g/mol. The van der Waals surface area contributed by atoms with E-state index in [-0.39, 0.29) is 18.3 Å². The average molecular weight is 298 g/mol. The van der Waals surface area contributed by atoms with Crippen molar-refractivity contribution in [1.82, 2.24) is 10.6 Å². The minimum atomic E-state index is -1.12. The molecule has 6 nitrogen and oxygen atoms in total. The molecule has 1 fully saturated rings. The number of carboxylic acid groups (broad SMARTS) is 1. The van der Waals surface area contributed by atoms with Gasteiger partial charge in [-0.25, -0.2) is 9.59 Å². The van der Waals surface area contributed by atoms with Crippen LogP contribution in [0.3, 0.4) is 0 Å². The van der Waals surface area contributed by atoms with Gasteiger partial charge in [-0.3, -0.25) is 0 Å². The third-order valence-corrected chi connectivity index (χ3v) is 4.46. The van der Waals surface area contributed by atoms with Crippen LogP contribution >= 0.6 is 11.8 Å². The summed E-state index contributed by atoms with van der Waals surface area (Å²) in [4.78, 5) is 22.2. The van der Waals surface area contributed by atoms with Gasteiger partial charge in [-0.15, -0.1) is 0 Å². The Morgan fingerprint density at radius 2 is 2.20 bits per heavy atom. The molecule has 0 aromatic carbocycles. The number of aromatic carboxylic acids is 1. The standard InChI is InChI=1S/C13H18N2O4S/c16-12(17)11-5-4-9(19-11)7-14-13(18)15-8-10-3-1-2-6-20-10/h4-5,10H,1-3,6-8H2,(H,16,17)(H2,14,15,18). The number of urea groups is 1. The van der Waals surface area contributed by atoms with Crippen molar-refractivity contribution in [2.45, 2.75) is 31.1 Å². The number of furan rings is 1. The number of carboxylic acids is 1. The largest absolute Gasteiger partial charge is 0.475 e. The van der Waals surface area contributed by atoms with Crippen molar-refractivity contribution in [1.29, 1.82) is 0 Å². The molecule has 0 spiro atoms. The number of hydrogen-bond acceptors (Lipinski definition) is 4. The highest BCUT2D eigenvalue weighted by Crippen LogP contribution is 2.24. The average Bonchev–Trinajstić information content (AvgIpc) is 2.93. The zero-order valence-corrected chi connectivity index (χ0v) is 11.9. The second-order valence-electron chi connectivity index (χ2n) is 4.62. The Morgan fingerprint density at radius 3 is 2.85 bits per heavy atom. The Morgan fingerprint density at radius 1 is 1.35 bits per heavy atom. The first-order chi connectivity index (χ1) is 9.65. The second kappa shape index (κ2) is 7.23. The van der Waals surface area contributed by atoms with E-state index < -0.39 is 5.97 Å².